The van der Waals surface area contributed by atoms with Gasteiger partial charge in [-0.05, 0) is 29.8 Å². The molecule has 136 valence electrons. The average Bonchev–Trinajstić information content (AvgIpc) is 3.10. The number of anilines is 1. The van der Waals surface area contributed by atoms with Gasteiger partial charge in [-0.2, -0.15) is 0 Å². The van der Waals surface area contributed by atoms with Crippen molar-refractivity contribution in [3.05, 3.63) is 53.1 Å². The zero-order valence-electron chi connectivity index (χ0n) is 14.1. The Kier molecular flexibility index (Phi) is 4.97. The highest BCUT2D eigenvalue weighted by molar-refractivity contribution is 6.30. The summed E-state index contributed by atoms with van der Waals surface area (Å²) in [6, 6.07) is 13.0. The first-order chi connectivity index (χ1) is 12.7. The Labute approximate surface area is 156 Å². The van der Waals surface area contributed by atoms with Crippen LogP contribution in [0.2, 0.25) is 5.02 Å². The van der Waals surface area contributed by atoms with Gasteiger partial charge in [0.15, 0.2) is 11.5 Å². The Bertz CT molecular complexity index is 797. The van der Waals surface area contributed by atoms with Gasteiger partial charge in [0.1, 0.15) is 0 Å². The molecule has 0 aromatic heterocycles. The Morgan fingerprint density at radius 2 is 1.96 bits per heavy atom. The van der Waals surface area contributed by atoms with Crippen molar-refractivity contribution in [1.82, 2.24) is 4.90 Å². The molecule has 1 N–H and O–H groups in total. The quantitative estimate of drug-likeness (QED) is 0.891. The van der Waals surface area contributed by atoms with Crippen LogP contribution in [0.1, 0.15) is 11.7 Å². The van der Waals surface area contributed by atoms with Crippen LogP contribution in [0.5, 0.6) is 11.5 Å². The number of ether oxygens (including phenoxy) is 3. The number of benzene rings is 2. The number of rotatable bonds is 4. The molecular formula is C19H19ClN2O4. The molecule has 2 aromatic carbocycles. The highest BCUT2D eigenvalue weighted by Gasteiger charge is 2.23. The van der Waals surface area contributed by atoms with Crippen LogP contribution in [0.15, 0.2) is 42.5 Å². The van der Waals surface area contributed by atoms with E-state index in [2.05, 4.69) is 10.2 Å². The largest absolute Gasteiger partial charge is 0.454 e. The number of morpholine rings is 1. The van der Waals surface area contributed by atoms with Gasteiger partial charge in [-0.15, -0.1) is 0 Å². The number of carbonyl (C=O) groups is 1. The molecule has 2 aliphatic rings. The SMILES string of the molecule is O=C(CN1CCOC(c2ccc(Cl)cc2)C1)Nc1ccc2c(c1)OCO2. The predicted octanol–water partition coefficient (Wildman–Crippen LogP) is 3.08. The highest BCUT2D eigenvalue weighted by Crippen LogP contribution is 2.34. The lowest BCUT2D eigenvalue weighted by atomic mass is 10.1. The zero-order chi connectivity index (χ0) is 17.9. The number of carbonyl (C=O) groups excluding carboxylic acids is 1. The summed E-state index contributed by atoms with van der Waals surface area (Å²) < 4.78 is 16.4. The van der Waals surface area contributed by atoms with Crippen molar-refractivity contribution >= 4 is 23.2 Å². The van der Waals surface area contributed by atoms with Gasteiger partial charge in [-0.1, -0.05) is 23.7 Å². The molecule has 1 amide bonds. The van der Waals surface area contributed by atoms with Crippen molar-refractivity contribution in [2.24, 2.45) is 0 Å². The van der Waals surface area contributed by atoms with E-state index in [0.29, 0.717) is 41.9 Å². The Morgan fingerprint density at radius 1 is 1.15 bits per heavy atom. The van der Waals surface area contributed by atoms with Gasteiger partial charge >= 0.3 is 0 Å². The Hall–Kier alpha value is -2.28. The number of nitrogens with one attached hydrogen (secondary N) is 1. The predicted molar refractivity (Wildman–Crippen MR) is 97.8 cm³/mol. The Balaban J connectivity index is 1.34. The molecule has 1 fully saturated rings. The molecule has 4 rings (SSSR count). The first-order valence-corrected chi connectivity index (χ1v) is 8.84. The summed E-state index contributed by atoms with van der Waals surface area (Å²) in [6.45, 7) is 2.49. The van der Waals surface area contributed by atoms with E-state index >= 15 is 0 Å². The summed E-state index contributed by atoms with van der Waals surface area (Å²) in [4.78, 5) is 14.5. The molecule has 0 spiro atoms. The summed E-state index contributed by atoms with van der Waals surface area (Å²) in [6.07, 6.45) is -0.0561. The average molecular weight is 375 g/mol. The smallest absolute Gasteiger partial charge is 0.238 e. The van der Waals surface area contributed by atoms with Crippen LogP contribution >= 0.6 is 11.6 Å². The lowest BCUT2D eigenvalue weighted by molar-refractivity contribution is -0.119. The molecule has 0 saturated carbocycles. The lowest BCUT2D eigenvalue weighted by Gasteiger charge is -2.32. The fourth-order valence-electron chi connectivity index (χ4n) is 3.10. The van der Waals surface area contributed by atoms with Crippen LogP contribution in [0, 0.1) is 0 Å². The highest BCUT2D eigenvalue weighted by atomic mass is 35.5. The van der Waals surface area contributed by atoms with Crippen molar-refractivity contribution in [2.45, 2.75) is 6.10 Å². The molecule has 0 radical (unpaired) electrons. The summed E-state index contributed by atoms with van der Waals surface area (Å²) in [5, 5.41) is 3.61. The normalized spacial score (nSPS) is 19.3. The van der Waals surface area contributed by atoms with E-state index in [9.17, 15) is 4.79 Å². The van der Waals surface area contributed by atoms with Gasteiger partial charge in [0.25, 0.3) is 0 Å². The van der Waals surface area contributed by atoms with E-state index < -0.39 is 0 Å². The number of nitrogens with zero attached hydrogens (tertiary/aromatic N) is 1. The minimum Gasteiger partial charge on any atom is -0.454 e. The van der Waals surface area contributed by atoms with Gasteiger partial charge in [0.2, 0.25) is 12.7 Å². The maximum Gasteiger partial charge on any atom is 0.238 e. The molecule has 2 aliphatic heterocycles. The topological polar surface area (TPSA) is 60.0 Å². The summed E-state index contributed by atoms with van der Waals surface area (Å²) >= 11 is 5.94. The van der Waals surface area contributed by atoms with E-state index in [4.69, 9.17) is 25.8 Å². The van der Waals surface area contributed by atoms with Crippen LogP contribution in [-0.2, 0) is 9.53 Å². The van der Waals surface area contributed by atoms with Crippen LogP contribution in [0.25, 0.3) is 0 Å². The fraction of sp³-hybridized carbons (Fsp3) is 0.316. The third-order valence-electron chi connectivity index (χ3n) is 4.42. The molecular weight excluding hydrogens is 356 g/mol. The third kappa shape index (κ3) is 3.93. The minimum absolute atomic E-state index is 0.0561. The molecule has 2 aromatic rings. The van der Waals surface area contributed by atoms with E-state index in [-0.39, 0.29) is 18.8 Å². The fourth-order valence-corrected chi connectivity index (χ4v) is 3.23. The summed E-state index contributed by atoms with van der Waals surface area (Å²) in [5.41, 5.74) is 1.76. The minimum atomic E-state index is -0.0689. The number of fused-ring (bicyclic) bond motifs is 1. The van der Waals surface area contributed by atoms with Crippen LogP contribution < -0.4 is 14.8 Å². The van der Waals surface area contributed by atoms with E-state index in [1.807, 2.05) is 24.3 Å². The summed E-state index contributed by atoms with van der Waals surface area (Å²) in [7, 11) is 0. The standard InChI is InChI=1S/C19H19ClN2O4/c20-14-3-1-13(2-4-14)18-10-22(7-8-24-18)11-19(23)21-15-5-6-16-17(9-15)26-12-25-16/h1-6,9,18H,7-8,10-12H2,(H,21,23). The maximum atomic E-state index is 12.4. The van der Waals surface area contributed by atoms with Gasteiger partial charge in [0.05, 0.1) is 19.3 Å². The van der Waals surface area contributed by atoms with Crippen molar-refractivity contribution in [3.63, 3.8) is 0 Å². The second-order valence-corrected chi connectivity index (χ2v) is 6.70. The van der Waals surface area contributed by atoms with Crippen molar-refractivity contribution in [3.8, 4) is 11.5 Å². The first kappa shape index (κ1) is 17.1. The van der Waals surface area contributed by atoms with Gasteiger partial charge in [0, 0.05) is 29.9 Å². The monoisotopic (exact) mass is 374 g/mol. The zero-order valence-corrected chi connectivity index (χ0v) is 14.9. The molecule has 1 saturated heterocycles. The molecule has 2 heterocycles. The number of hydrogen-bond acceptors (Lipinski definition) is 5. The second-order valence-electron chi connectivity index (χ2n) is 6.26. The van der Waals surface area contributed by atoms with Crippen molar-refractivity contribution in [2.75, 3.05) is 38.4 Å². The number of hydrogen-bond donors (Lipinski definition) is 1. The Morgan fingerprint density at radius 3 is 2.81 bits per heavy atom. The molecule has 7 heteroatoms. The number of halogens is 1. The molecule has 1 unspecified atom stereocenters. The lowest BCUT2D eigenvalue weighted by Crippen LogP contribution is -2.42. The van der Waals surface area contributed by atoms with Crippen LogP contribution in [0.3, 0.4) is 0 Å². The van der Waals surface area contributed by atoms with E-state index in [1.165, 1.54) is 0 Å². The van der Waals surface area contributed by atoms with Crippen molar-refractivity contribution < 1.29 is 19.0 Å². The molecule has 1 atom stereocenters. The van der Waals surface area contributed by atoms with E-state index in [1.54, 1.807) is 18.2 Å². The van der Waals surface area contributed by atoms with Gasteiger partial charge < -0.3 is 19.5 Å². The van der Waals surface area contributed by atoms with E-state index in [0.717, 1.165) is 12.1 Å². The van der Waals surface area contributed by atoms with Crippen molar-refractivity contribution in [1.29, 1.82) is 0 Å². The second kappa shape index (κ2) is 7.53. The molecule has 26 heavy (non-hydrogen) atoms. The van der Waals surface area contributed by atoms with Crippen LogP contribution in [-0.4, -0.2) is 43.8 Å². The molecule has 6 nitrogen and oxygen atoms in total. The first-order valence-electron chi connectivity index (χ1n) is 8.46. The van der Waals surface area contributed by atoms with Gasteiger partial charge in [-0.3, -0.25) is 9.69 Å². The number of amides is 1. The molecule has 0 bridgehead atoms. The molecule has 0 aliphatic carbocycles. The van der Waals surface area contributed by atoms with Gasteiger partial charge in [-0.25, -0.2) is 0 Å². The maximum absolute atomic E-state index is 12.4. The third-order valence-corrected chi connectivity index (χ3v) is 4.67. The summed E-state index contributed by atoms with van der Waals surface area (Å²) in [5.74, 6) is 1.28. The van der Waals surface area contributed by atoms with Crippen LogP contribution in [0.4, 0.5) is 5.69 Å².